The summed E-state index contributed by atoms with van der Waals surface area (Å²) in [6.07, 6.45) is -0.970. The molecule has 0 fully saturated rings. The molecule has 0 aliphatic carbocycles. The molecule has 0 saturated heterocycles. The Kier molecular flexibility index (Phi) is 4.36. The third kappa shape index (κ3) is 2.70. The van der Waals surface area contributed by atoms with E-state index in [-0.39, 0.29) is 11.6 Å². The predicted molar refractivity (Wildman–Crippen MR) is 97.7 cm³/mol. The zero-order chi connectivity index (χ0) is 17.6. The lowest BCUT2D eigenvalue weighted by atomic mass is 9.70. The van der Waals surface area contributed by atoms with Crippen LogP contribution in [0.1, 0.15) is 47.5 Å². The van der Waals surface area contributed by atoms with E-state index >= 15 is 0 Å². The Morgan fingerprint density at radius 3 is 2.62 bits per heavy atom. The lowest BCUT2D eigenvalue weighted by molar-refractivity contribution is 0.0272. The zero-order valence-electron chi connectivity index (χ0n) is 13.2. The molecule has 2 aromatic carbocycles. The lowest BCUT2D eigenvalue weighted by Gasteiger charge is -2.45. The van der Waals surface area contributed by atoms with Crippen molar-refractivity contribution >= 4 is 39.2 Å². The van der Waals surface area contributed by atoms with Crippen molar-refractivity contribution in [2.75, 3.05) is 5.32 Å². The molecule has 0 aromatic heterocycles. The summed E-state index contributed by atoms with van der Waals surface area (Å²) in [5.74, 6) is -1.08. The number of benzene rings is 2. The van der Waals surface area contributed by atoms with Gasteiger partial charge < -0.3 is 15.5 Å². The number of anilines is 1. The highest BCUT2D eigenvalue weighted by atomic mass is 79.9. The van der Waals surface area contributed by atoms with Gasteiger partial charge in [-0.25, -0.2) is 4.79 Å². The number of carboxylic acid groups (broad SMARTS) is 1. The lowest BCUT2D eigenvalue weighted by Crippen LogP contribution is -2.39. The normalized spacial score (nSPS) is 21.7. The summed E-state index contributed by atoms with van der Waals surface area (Å²) in [6, 6.07) is 10.6. The van der Waals surface area contributed by atoms with Gasteiger partial charge in [0.2, 0.25) is 0 Å². The van der Waals surface area contributed by atoms with Crippen molar-refractivity contribution in [2.24, 2.45) is 5.41 Å². The Labute approximate surface area is 153 Å². The summed E-state index contributed by atoms with van der Waals surface area (Å²) in [4.78, 5) is 11.5. The van der Waals surface area contributed by atoms with Gasteiger partial charge in [0.25, 0.3) is 0 Å². The molecule has 4 nitrogen and oxygen atoms in total. The average molecular weight is 411 g/mol. The molecule has 0 radical (unpaired) electrons. The van der Waals surface area contributed by atoms with Crippen LogP contribution in [0.2, 0.25) is 5.02 Å². The fourth-order valence-electron chi connectivity index (χ4n) is 3.27. The van der Waals surface area contributed by atoms with Crippen LogP contribution in [0.25, 0.3) is 0 Å². The van der Waals surface area contributed by atoms with Gasteiger partial charge in [-0.1, -0.05) is 53.5 Å². The van der Waals surface area contributed by atoms with Crippen LogP contribution >= 0.6 is 27.5 Å². The molecule has 24 heavy (non-hydrogen) atoms. The van der Waals surface area contributed by atoms with Crippen molar-refractivity contribution in [2.45, 2.75) is 26.0 Å². The van der Waals surface area contributed by atoms with E-state index in [1.165, 1.54) is 6.07 Å². The van der Waals surface area contributed by atoms with Gasteiger partial charge >= 0.3 is 5.97 Å². The van der Waals surface area contributed by atoms with Crippen molar-refractivity contribution in [1.82, 2.24) is 0 Å². The molecule has 2 atom stereocenters. The zero-order valence-corrected chi connectivity index (χ0v) is 15.5. The van der Waals surface area contributed by atoms with E-state index in [4.69, 9.17) is 11.6 Å². The second kappa shape index (κ2) is 6.06. The predicted octanol–water partition coefficient (Wildman–Crippen LogP) is 5.03. The minimum Gasteiger partial charge on any atom is -0.478 e. The first kappa shape index (κ1) is 17.3. The second-order valence-corrected chi connectivity index (χ2v) is 7.87. The number of hydrogen-bond acceptors (Lipinski definition) is 3. The van der Waals surface area contributed by atoms with Gasteiger partial charge in [0, 0.05) is 15.5 Å². The largest absolute Gasteiger partial charge is 0.478 e. The number of nitrogens with one attached hydrogen (secondary N) is 1. The Hall–Kier alpha value is -1.56. The fraction of sp³-hybridized carbons (Fsp3) is 0.278. The topological polar surface area (TPSA) is 69.6 Å². The maximum atomic E-state index is 11.5. The molecule has 1 aliphatic rings. The van der Waals surface area contributed by atoms with Gasteiger partial charge in [0.1, 0.15) is 0 Å². The van der Waals surface area contributed by atoms with Gasteiger partial charge in [-0.15, -0.1) is 0 Å². The highest BCUT2D eigenvalue weighted by Gasteiger charge is 2.45. The van der Waals surface area contributed by atoms with Crippen LogP contribution in [-0.4, -0.2) is 16.2 Å². The molecule has 3 rings (SSSR count). The van der Waals surface area contributed by atoms with Crippen LogP contribution < -0.4 is 5.32 Å². The monoisotopic (exact) mass is 409 g/mol. The third-order valence-corrected chi connectivity index (χ3v) is 5.43. The Morgan fingerprint density at radius 1 is 1.29 bits per heavy atom. The summed E-state index contributed by atoms with van der Waals surface area (Å²) < 4.78 is 0.934. The molecule has 0 spiro atoms. The molecule has 0 amide bonds. The van der Waals surface area contributed by atoms with Crippen molar-refractivity contribution < 1.29 is 15.0 Å². The van der Waals surface area contributed by atoms with Crippen LogP contribution in [0.4, 0.5) is 5.69 Å². The van der Waals surface area contributed by atoms with Crippen molar-refractivity contribution in [3.8, 4) is 0 Å². The van der Waals surface area contributed by atoms with Crippen molar-refractivity contribution in [3.05, 3.63) is 62.6 Å². The van der Waals surface area contributed by atoms with Gasteiger partial charge in [0.05, 0.1) is 28.4 Å². The van der Waals surface area contributed by atoms with E-state index in [0.29, 0.717) is 16.3 Å². The summed E-state index contributed by atoms with van der Waals surface area (Å²) in [7, 11) is 0. The molecular formula is C18H17BrClNO3. The second-order valence-electron chi connectivity index (χ2n) is 6.55. The molecule has 0 saturated carbocycles. The standard InChI is InChI=1S/C18H17BrClNO3/c1-18(2)15(9-4-3-5-10(19)8-9)21-14-12(20)7-6-11(17(23)24)13(14)16(18)22/h3-8,15-16,21-22H,1-2H3,(H,23,24). The van der Waals surface area contributed by atoms with E-state index in [2.05, 4.69) is 21.2 Å². The summed E-state index contributed by atoms with van der Waals surface area (Å²) in [5, 5.41) is 24.2. The van der Waals surface area contributed by atoms with Crippen molar-refractivity contribution in [3.63, 3.8) is 0 Å². The van der Waals surface area contributed by atoms with Crippen LogP contribution in [0.15, 0.2) is 40.9 Å². The van der Waals surface area contributed by atoms with Crippen LogP contribution in [0, 0.1) is 5.41 Å². The molecule has 1 heterocycles. The SMILES string of the molecule is CC1(C)C(O)c2c(C(=O)O)ccc(Cl)c2NC1c1cccc(Br)c1. The number of rotatable bonds is 2. The highest BCUT2D eigenvalue weighted by molar-refractivity contribution is 9.10. The Bertz CT molecular complexity index is 822. The van der Waals surface area contributed by atoms with Gasteiger partial charge in [-0.05, 0) is 29.8 Å². The molecule has 126 valence electrons. The van der Waals surface area contributed by atoms with Gasteiger partial charge in [0.15, 0.2) is 0 Å². The molecule has 1 aliphatic heterocycles. The molecular weight excluding hydrogens is 394 g/mol. The van der Waals surface area contributed by atoms with E-state index in [0.717, 1.165) is 10.0 Å². The van der Waals surface area contributed by atoms with Crippen LogP contribution in [0.5, 0.6) is 0 Å². The first-order valence-corrected chi connectivity index (χ1v) is 8.66. The number of carbonyl (C=O) groups is 1. The van der Waals surface area contributed by atoms with E-state index < -0.39 is 17.5 Å². The molecule has 3 N–H and O–H groups in total. The average Bonchev–Trinajstić information content (AvgIpc) is 2.51. The number of aliphatic hydroxyl groups is 1. The minimum absolute atomic E-state index is 0.0650. The highest BCUT2D eigenvalue weighted by Crippen LogP contribution is 2.54. The van der Waals surface area contributed by atoms with Gasteiger partial charge in [-0.3, -0.25) is 0 Å². The van der Waals surface area contributed by atoms with Crippen molar-refractivity contribution in [1.29, 1.82) is 0 Å². The number of aromatic carboxylic acids is 1. The molecule has 0 bridgehead atoms. The Balaban J connectivity index is 2.20. The number of halogens is 2. The molecule has 2 unspecified atom stereocenters. The molecule has 6 heteroatoms. The molecule has 2 aromatic rings. The number of fused-ring (bicyclic) bond motifs is 1. The van der Waals surface area contributed by atoms with Crippen LogP contribution in [-0.2, 0) is 0 Å². The van der Waals surface area contributed by atoms with E-state index in [1.807, 2.05) is 38.1 Å². The maximum absolute atomic E-state index is 11.5. The minimum atomic E-state index is -1.08. The number of carboxylic acids is 1. The van der Waals surface area contributed by atoms with E-state index in [1.54, 1.807) is 6.07 Å². The summed E-state index contributed by atoms with van der Waals surface area (Å²) in [6.45, 7) is 3.82. The first-order chi connectivity index (χ1) is 11.2. The Morgan fingerprint density at radius 2 is 2.00 bits per heavy atom. The fourth-order valence-corrected chi connectivity index (χ4v) is 3.91. The maximum Gasteiger partial charge on any atom is 0.336 e. The number of aliphatic hydroxyl groups excluding tert-OH is 1. The van der Waals surface area contributed by atoms with E-state index in [9.17, 15) is 15.0 Å². The van der Waals surface area contributed by atoms with Gasteiger partial charge in [-0.2, -0.15) is 0 Å². The number of hydrogen-bond donors (Lipinski definition) is 3. The summed E-state index contributed by atoms with van der Waals surface area (Å²) in [5.41, 5.74) is 1.23. The summed E-state index contributed by atoms with van der Waals surface area (Å²) >= 11 is 9.75. The first-order valence-electron chi connectivity index (χ1n) is 7.49. The van der Waals surface area contributed by atoms with Crippen LogP contribution in [0.3, 0.4) is 0 Å². The quantitative estimate of drug-likeness (QED) is 0.649. The third-order valence-electron chi connectivity index (χ3n) is 4.62. The smallest absolute Gasteiger partial charge is 0.336 e.